The van der Waals surface area contributed by atoms with Gasteiger partial charge in [-0.15, -0.1) is 0 Å². The molecule has 0 saturated carbocycles. The molecule has 0 saturated heterocycles. The van der Waals surface area contributed by atoms with Crippen LogP contribution in [0.15, 0.2) is 60.7 Å². The van der Waals surface area contributed by atoms with Crippen LogP contribution in [0.25, 0.3) is 5.69 Å². The normalized spacial score (nSPS) is 10.4. The van der Waals surface area contributed by atoms with Crippen molar-refractivity contribution in [3.8, 4) is 5.69 Å². The summed E-state index contributed by atoms with van der Waals surface area (Å²) in [5, 5.41) is 4.12. The van der Waals surface area contributed by atoms with Gasteiger partial charge in [0.25, 0.3) is 5.91 Å². The van der Waals surface area contributed by atoms with E-state index < -0.39 is 5.91 Å². The summed E-state index contributed by atoms with van der Waals surface area (Å²) in [7, 11) is 0. The number of amides is 1. The van der Waals surface area contributed by atoms with Crippen LogP contribution in [-0.2, 0) is 0 Å². The zero-order valence-electron chi connectivity index (χ0n) is 12.1. The molecule has 0 aliphatic carbocycles. The highest BCUT2D eigenvalue weighted by atomic mass is 16.1. The van der Waals surface area contributed by atoms with E-state index in [2.05, 4.69) is 5.10 Å². The summed E-state index contributed by atoms with van der Waals surface area (Å²) in [6.07, 6.45) is 0. The van der Waals surface area contributed by atoms with Crippen LogP contribution in [0, 0.1) is 0 Å². The smallest absolute Gasteiger partial charge is 0.271 e. The second-order valence-corrected chi connectivity index (χ2v) is 4.92. The van der Waals surface area contributed by atoms with Gasteiger partial charge in [-0.2, -0.15) is 5.10 Å². The Balaban J connectivity index is 2.22. The van der Waals surface area contributed by atoms with E-state index >= 15 is 0 Å². The Hall–Kier alpha value is -3.41. The molecular formula is C17H14N4O2. The Morgan fingerprint density at radius 2 is 1.48 bits per heavy atom. The third kappa shape index (κ3) is 2.57. The largest absolute Gasteiger partial charge is 0.395 e. The molecule has 6 heteroatoms. The molecule has 0 unspecified atom stereocenters. The molecule has 23 heavy (non-hydrogen) atoms. The van der Waals surface area contributed by atoms with E-state index in [1.165, 1.54) is 4.68 Å². The predicted octanol–water partition coefficient (Wildman–Crippen LogP) is 1.78. The number of ketones is 1. The van der Waals surface area contributed by atoms with Crippen molar-refractivity contribution in [1.29, 1.82) is 0 Å². The van der Waals surface area contributed by atoms with Gasteiger partial charge in [0, 0.05) is 5.56 Å². The lowest BCUT2D eigenvalue weighted by Crippen LogP contribution is -2.14. The van der Waals surface area contributed by atoms with Crippen LogP contribution in [0.5, 0.6) is 0 Å². The SMILES string of the molecule is NC(=O)c1nn(-c2ccccc2)c(C(=O)c2ccccc2)c1N. The molecule has 0 bridgehead atoms. The Bertz CT molecular complexity index is 870. The van der Waals surface area contributed by atoms with Crippen LogP contribution >= 0.6 is 0 Å². The van der Waals surface area contributed by atoms with Crippen molar-refractivity contribution >= 4 is 17.4 Å². The van der Waals surface area contributed by atoms with Crippen LogP contribution in [0.4, 0.5) is 5.69 Å². The molecule has 4 N–H and O–H groups in total. The quantitative estimate of drug-likeness (QED) is 0.717. The first kappa shape index (κ1) is 14.5. The number of rotatable bonds is 4. The second kappa shape index (κ2) is 5.76. The molecule has 114 valence electrons. The number of primary amides is 1. The lowest BCUT2D eigenvalue weighted by molar-refractivity contribution is 0.0994. The van der Waals surface area contributed by atoms with Gasteiger partial charge >= 0.3 is 0 Å². The summed E-state index contributed by atoms with van der Waals surface area (Å²) in [5.41, 5.74) is 12.3. The maximum atomic E-state index is 12.8. The standard InChI is InChI=1S/C17H14N4O2/c18-13-14(17(19)23)20-21(12-9-5-2-6-10-12)15(13)16(22)11-7-3-1-4-8-11/h1-10H,18H2,(H2,19,23). The van der Waals surface area contributed by atoms with E-state index in [9.17, 15) is 9.59 Å². The van der Waals surface area contributed by atoms with E-state index in [0.717, 1.165) is 0 Å². The number of carbonyl (C=O) groups is 2. The molecular weight excluding hydrogens is 292 g/mol. The number of para-hydroxylation sites is 1. The van der Waals surface area contributed by atoms with E-state index in [-0.39, 0.29) is 22.9 Å². The molecule has 0 spiro atoms. The summed E-state index contributed by atoms with van der Waals surface area (Å²) in [6, 6.07) is 17.6. The molecule has 0 radical (unpaired) electrons. The van der Waals surface area contributed by atoms with Gasteiger partial charge in [0.1, 0.15) is 5.69 Å². The first-order valence-electron chi connectivity index (χ1n) is 6.93. The first-order valence-corrected chi connectivity index (χ1v) is 6.93. The molecule has 1 aromatic heterocycles. The second-order valence-electron chi connectivity index (χ2n) is 4.92. The average Bonchev–Trinajstić information content (AvgIpc) is 2.93. The summed E-state index contributed by atoms with van der Waals surface area (Å²) < 4.78 is 1.35. The Labute approximate surface area is 132 Å². The van der Waals surface area contributed by atoms with Crippen molar-refractivity contribution < 1.29 is 9.59 Å². The zero-order chi connectivity index (χ0) is 16.4. The van der Waals surface area contributed by atoms with Gasteiger partial charge in [-0.25, -0.2) is 4.68 Å². The van der Waals surface area contributed by atoms with Crippen molar-refractivity contribution in [3.63, 3.8) is 0 Å². The highest BCUT2D eigenvalue weighted by Gasteiger charge is 2.25. The summed E-state index contributed by atoms with van der Waals surface area (Å²) in [6.45, 7) is 0. The number of carbonyl (C=O) groups excluding carboxylic acids is 2. The van der Waals surface area contributed by atoms with Crippen LogP contribution in [0.3, 0.4) is 0 Å². The fourth-order valence-corrected chi connectivity index (χ4v) is 2.31. The summed E-state index contributed by atoms with van der Waals surface area (Å²) in [4.78, 5) is 24.3. The highest BCUT2D eigenvalue weighted by Crippen LogP contribution is 2.24. The van der Waals surface area contributed by atoms with Crippen LogP contribution in [0.1, 0.15) is 26.5 Å². The van der Waals surface area contributed by atoms with E-state index in [1.54, 1.807) is 48.5 Å². The minimum atomic E-state index is -0.778. The Kier molecular flexibility index (Phi) is 3.64. The van der Waals surface area contributed by atoms with E-state index in [1.807, 2.05) is 12.1 Å². The number of nitrogen functional groups attached to an aromatic ring is 1. The van der Waals surface area contributed by atoms with Crippen LogP contribution < -0.4 is 11.5 Å². The van der Waals surface area contributed by atoms with Gasteiger partial charge in [-0.05, 0) is 12.1 Å². The number of nitrogens with zero attached hydrogens (tertiary/aromatic N) is 2. The molecule has 6 nitrogen and oxygen atoms in total. The molecule has 0 atom stereocenters. The average molecular weight is 306 g/mol. The van der Waals surface area contributed by atoms with Gasteiger partial charge in [0.15, 0.2) is 5.69 Å². The first-order chi connectivity index (χ1) is 11.1. The van der Waals surface area contributed by atoms with Crippen molar-refractivity contribution in [2.24, 2.45) is 5.73 Å². The number of benzene rings is 2. The molecule has 3 rings (SSSR count). The van der Waals surface area contributed by atoms with Gasteiger partial charge in [0.2, 0.25) is 5.78 Å². The maximum Gasteiger partial charge on any atom is 0.271 e. The molecule has 3 aromatic rings. The Morgan fingerprint density at radius 3 is 2.04 bits per heavy atom. The van der Waals surface area contributed by atoms with Crippen molar-refractivity contribution in [3.05, 3.63) is 77.6 Å². The molecule has 1 heterocycles. The van der Waals surface area contributed by atoms with E-state index in [4.69, 9.17) is 11.5 Å². The number of hydrogen-bond acceptors (Lipinski definition) is 4. The monoisotopic (exact) mass is 306 g/mol. The van der Waals surface area contributed by atoms with E-state index in [0.29, 0.717) is 11.3 Å². The maximum absolute atomic E-state index is 12.8. The van der Waals surface area contributed by atoms with Crippen LogP contribution in [-0.4, -0.2) is 21.5 Å². The highest BCUT2D eigenvalue weighted by molar-refractivity contribution is 6.13. The Morgan fingerprint density at radius 1 is 0.913 bits per heavy atom. The van der Waals surface area contributed by atoms with Gasteiger partial charge in [-0.1, -0.05) is 48.5 Å². The number of nitrogens with two attached hydrogens (primary N) is 2. The molecule has 0 aliphatic rings. The minimum Gasteiger partial charge on any atom is -0.395 e. The molecule has 0 fully saturated rings. The molecule has 0 aliphatic heterocycles. The van der Waals surface area contributed by atoms with Crippen LogP contribution in [0.2, 0.25) is 0 Å². The summed E-state index contributed by atoms with van der Waals surface area (Å²) in [5.74, 6) is -1.11. The lowest BCUT2D eigenvalue weighted by atomic mass is 10.1. The molecule has 2 aromatic carbocycles. The van der Waals surface area contributed by atoms with Crippen molar-refractivity contribution in [2.75, 3.05) is 5.73 Å². The van der Waals surface area contributed by atoms with Gasteiger partial charge in [0.05, 0.1) is 11.4 Å². The predicted molar refractivity (Wildman–Crippen MR) is 86.4 cm³/mol. The minimum absolute atomic E-state index is 0.0183. The topological polar surface area (TPSA) is 104 Å². The van der Waals surface area contributed by atoms with Crippen molar-refractivity contribution in [1.82, 2.24) is 9.78 Å². The number of anilines is 1. The fraction of sp³-hybridized carbons (Fsp3) is 0. The number of hydrogen-bond donors (Lipinski definition) is 2. The zero-order valence-corrected chi connectivity index (χ0v) is 12.1. The third-order valence-electron chi connectivity index (χ3n) is 3.41. The summed E-state index contributed by atoms with van der Waals surface area (Å²) >= 11 is 0. The third-order valence-corrected chi connectivity index (χ3v) is 3.41. The number of aromatic nitrogens is 2. The van der Waals surface area contributed by atoms with Crippen molar-refractivity contribution in [2.45, 2.75) is 0 Å². The van der Waals surface area contributed by atoms with Gasteiger partial charge in [-0.3, -0.25) is 9.59 Å². The van der Waals surface area contributed by atoms with Gasteiger partial charge < -0.3 is 11.5 Å². The fourth-order valence-electron chi connectivity index (χ4n) is 2.31. The lowest BCUT2D eigenvalue weighted by Gasteiger charge is -2.07. The molecule has 1 amide bonds.